The predicted octanol–water partition coefficient (Wildman–Crippen LogP) is 3.06. The summed E-state index contributed by atoms with van der Waals surface area (Å²) in [6.45, 7) is 3.67. The van der Waals surface area contributed by atoms with Crippen molar-refractivity contribution in [3.8, 4) is 5.75 Å². The summed E-state index contributed by atoms with van der Waals surface area (Å²) in [7, 11) is 4.88. The van der Waals surface area contributed by atoms with Gasteiger partial charge in [-0.1, -0.05) is 18.6 Å². The molecule has 0 heterocycles. The fourth-order valence-electron chi connectivity index (χ4n) is 2.45. The molecule has 0 aromatic heterocycles. The zero-order valence-electron chi connectivity index (χ0n) is 16.3. The average Bonchev–Trinajstić information content (AvgIpc) is 2.63. The zero-order chi connectivity index (χ0) is 18.5. The Balaban J connectivity index is 0.00000625. The van der Waals surface area contributed by atoms with Gasteiger partial charge in [0.2, 0.25) is 0 Å². The molecule has 0 aliphatic heterocycles. The van der Waals surface area contributed by atoms with Crippen molar-refractivity contribution >= 4 is 35.9 Å². The first-order valence-electron chi connectivity index (χ1n) is 8.75. The molecule has 0 atom stereocenters. The van der Waals surface area contributed by atoms with Gasteiger partial charge in [-0.2, -0.15) is 0 Å². The molecule has 0 radical (unpaired) electrons. The van der Waals surface area contributed by atoms with Crippen LogP contribution < -0.4 is 15.4 Å². The van der Waals surface area contributed by atoms with Gasteiger partial charge >= 0.3 is 5.97 Å². The molecule has 2 N–H and O–H groups in total. The van der Waals surface area contributed by atoms with Crippen LogP contribution in [0, 0.1) is 6.92 Å². The number of benzene rings is 1. The molecule has 0 saturated carbocycles. The van der Waals surface area contributed by atoms with Crippen molar-refractivity contribution in [1.29, 1.82) is 0 Å². The molecular formula is C19H32IN3O3. The highest BCUT2D eigenvalue weighted by molar-refractivity contribution is 14.0. The predicted molar refractivity (Wildman–Crippen MR) is 117 cm³/mol. The number of aliphatic imine (C=N–C) groups is 1. The molecule has 0 spiro atoms. The number of carbonyl (C=O) groups is 1. The van der Waals surface area contributed by atoms with Crippen LogP contribution >= 0.6 is 24.0 Å². The van der Waals surface area contributed by atoms with Crippen LogP contribution in [0.25, 0.3) is 0 Å². The van der Waals surface area contributed by atoms with E-state index in [-0.39, 0.29) is 29.9 Å². The van der Waals surface area contributed by atoms with E-state index in [1.165, 1.54) is 12.7 Å². The Labute approximate surface area is 174 Å². The lowest BCUT2D eigenvalue weighted by molar-refractivity contribution is -0.140. The number of carbonyl (C=O) groups excluding carboxylic acids is 1. The molecule has 0 amide bonds. The first-order chi connectivity index (χ1) is 12.1. The topological polar surface area (TPSA) is 72.0 Å². The second-order valence-corrected chi connectivity index (χ2v) is 5.87. The third kappa shape index (κ3) is 9.84. The number of hydrogen-bond donors (Lipinski definition) is 2. The fraction of sp³-hybridized carbons (Fsp3) is 0.579. The molecule has 148 valence electrons. The minimum absolute atomic E-state index is 0. The number of unbranched alkanes of at least 4 members (excludes halogenated alkanes) is 2. The van der Waals surface area contributed by atoms with Gasteiger partial charge in [0.05, 0.1) is 14.2 Å². The SMILES string of the molecule is CN=C(NCCCCCC(=O)OC)NCCc1ccc(C)c(OC)c1.I. The third-order valence-electron chi connectivity index (χ3n) is 3.98. The number of ether oxygens (including phenoxy) is 2. The van der Waals surface area contributed by atoms with E-state index in [0.29, 0.717) is 6.42 Å². The summed E-state index contributed by atoms with van der Waals surface area (Å²) in [5, 5.41) is 6.60. The van der Waals surface area contributed by atoms with Gasteiger partial charge in [-0.05, 0) is 43.4 Å². The number of halogens is 1. The molecule has 6 nitrogen and oxygen atoms in total. The van der Waals surface area contributed by atoms with Crippen LogP contribution in [0.15, 0.2) is 23.2 Å². The Morgan fingerprint density at radius 3 is 2.50 bits per heavy atom. The lowest BCUT2D eigenvalue weighted by Gasteiger charge is -2.12. The Morgan fingerprint density at radius 1 is 1.12 bits per heavy atom. The first-order valence-corrected chi connectivity index (χ1v) is 8.75. The van der Waals surface area contributed by atoms with E-state index in [4.69, 9.17) is 4.74 Å². The van der Waals surface area contributed by atoms with Gasteiger partial charge in [0.25, 0.3) is 0 Å². The molecule has 0 aliphatic rings. The summed E-state index contributed by atoms with van der Waals surface area (Å²) in [6.07, 6.45) is 4.23. The Kier molecular flexibility index (Phi) is 13.8. The molecule has 0 bridgehead atoms. The third-order valence-corrected chi connectivity index (χ3v) is 3.98. The van der Waals surface area contributed by atoms with E-state index in [1.54, 1.807) is 14.2 Å². The van der Waals surface area contributed by atoms with Gasteiger partial charge in [-0.25, -0.2) is 0 Å². The second kappa shape index (κ2) is 14.6. The Morgan fingerprint density at radius 2 is 1.85 bits per heavy atom. The molecule has 0 unspecified atom stereocenters. The zero-order valence-corrected chi connectivity index (χ0v) is 18.6. The Bertz CT molecular complexity index is 565. The van der Waals surface area contributed by atoms with Gasteiger partial charge in [0, 0.05) is 26.6 Å². The first kappa shape index (κ1) is 24.5. The van der Waals surface area contributed by atoms with E-state index < -0.39 is 0 Å². The molecule has 7 heteroatoms. The highest BCUT2D eigenvalue weighted by Crippen LogP contribution is 2.18. The van der Waals surface area contributed by atoms with Gasteiger partial charge in [-0.15, -0.1) is 24.0 Å². The van der Waals surface area contributed by atoms with Crippen LogP contribution in [0.1, 0.15) is 36.8 Å². The van der Waals surface area contributed by atoms with Crippen molar-refractivity contribution in [3.05, 3.63) is 29.3 Å². The number of nitrogens with one attached hydrogen (secondary N) is 2. The number of hydrogen-bond acceptors (Lipinski definition) is 4. The minimum atomic E-state index is -0.141. The summed E-state index contributed by atoms with van der Waals surface area (Å²) in [5.74, 6) is 1.58. The highest BCUT2D eigenvalue weighted by atomic mass is 127. The summed E-state index contributed by atoms with van der Waals surface area (Å²) in [5.41, 5.74) is 2.37. The maximum absolute atomic E-state index is 11.0. The average molecular weight is 477 g/mol. The number of rotatable bonds is 10. The smallest absolute Gasteiger partial charge is 0.305 e. The van der Waals surface area contributed by atoms with Crippen molar-refractivity contribution in [2.45, 2.75) is 39.0 Å². The lowest BCUT2D eigenvalue weighted by atomic mass is 10.1. The van der Waals surface area contributed by atoms with Crippen LogP contribution in [0.2, 0.25) is 0 Å². The summed E-state index contributed by atoms with van der Waals surface area (Å²) in [6, 6.07) is 6.28. The van der Waals surface area contributed by atoms with Gasteiger partial charge in [0.1, 0.15) is 5.75 Å². The van der Waals surface area contributed by atoms with Gasteiger partial charge < -0.3 is 20.1 Å². The maximum atomic E-state index is 11.0. The van der Waals surface area contributed by atoms with E-state index in [2.05, 4.69) is 38.6 Å². The summed E-state index contributed by atoms with van der Waals surface area (Å²) >= 11 is 0. The van der Waals surface area contributed by atoms with Crippen molar-refractivity contribution < 1.29 is 14.3 Å². The quantitative estimate of drug-likeness (QED) is 0.178. The number of esters is 1. The van der Waals surface area contributed by atoms with Crippen molar-refractivity contribution in [3.63, 3.8) is 0 Å². The molecule has 0 fully saturated rings. The van der Waals surface area contributed by atoms with Crippen molar-refractivity contribution in [2.75, 3.05) is 34.4 Å². The number of methoxy groups -OCH3 is 2. The molecule has 1 aromatic carbocycles. The molecule has 0 saturated heterocycles. The standard InChI is InChI=1S/C19H31N3O3.HI/c1-15-9-10-16(14-17(15)24-3)11-13-22-19(20-2)21-12-7-5-6-8-18(23)25-4;/h9-10,14H,5-8,11-13H2,1-4H3,(H2,20,21,22);1H. The maximum Gasteiger partial charge on any atom is 0.305 e. The monoisotopic (exact) mass is 477 g/mol. The number of aryl methyl sites for hydroxylation is 1. The molecule has 1 aromatic rings. The van der Waals surface area contributed by atoms with Crippen LogP contribution in [-0.2, 0) is 16.0 Å². The van der Waals surface area contributed by atoms with E-state index >= 15 is 0 Å². The molecule has 1 rings (SSSR count). The van der Waals surface area contributed by atoms with E-state index in [9.17, 15) is 4.79 Å². The van der Waals surface area contributed by atoms with Gasteiger partial charge in [0.15, 0.2) is 5.96 Å². The number of nitrogens with zero attached hydrogens (tertiary/aromatic N) is 1. The highest BCUT2D eigenvalue weighted by Gasteiger charge is 2.02. The van der Waals surface area contributed by atoms with Gasteiger partial charge in [-0.3, -0.25) is 9.79 Å². The van der Waals surface area contributed by atoms with E-state index in [0.717, 1.165) is 56.0 Å². The van der Waals surface area contributed by atoms with Crippen LogP contribution in [-0.4, -0.2) is 46.3 Å². The largest absolute Gasteiger partial charge is 0.496 e. The van der Waals surface area contributed by atoms with Crippen LogP contribution in [0.3, 0.4) is 0 Å². The molecule has 0 aliphatic carbocycles. The van der Waals surface area contributed by atoms with Crippen LogP contribution in [0.4, 0.5) is 0 Å². The number of guanidine groups is 1. The van der Waals surface area contributed by atoms with E-state index in [1.807, 2.05) is 6.92 Å². The summed E-state index contributed by atoms with van der Waals surface area (Å²) in [4.78, 5) is 15.2. The molecular weight excluding hydrogens is 445 g/mol. The minimum Gasteiger partial charge on any atom is -0.496 e. The summed E-state index contributed by atoms with van der Waals surface area (Å²) < 4.78 is 9.98. The lowest BCUT2D eigenvalue weighted by Crippen LogP contribution is -2.38. The normalized spacial score (nSPS) is 10.7. The van der Waals surface area contributed by atoms with Crippen molar-refractivity contribution in [2.24, 2.45) is 4.99 Å². The van der Waals surface area contributed by atoms with Crippen molar-refractivity contribution in [1.82, 2.24) is 10.6 Å². The Hall–Kier alpha value is -1.51. The fourth-order valence-corrected chi connectivity index (χ4v) is 2.45. The molecule has 26 heavy (non-hydrogen) atoms. The van der Waals surface area contributed by atoms with Crippen LogP contribution in [0.5, 0.6) is 5.75 Å². The second-order valence-electron chi connectivity index (χ2n) is 5.87.